The average molecular weight is 469 g/mol. The monoisotopic (exact) mass is 468 g/mol. The molecule has 0 saturated carbocycles. The highest BCUT2D eigenvalue weighted by atomic mass is 35.5. The molecule has 162 valence electrons. The lowest BCUT2D eigenvalue weighted by molar-refractivity contribution is -0.142. The van der Waals surface area contributed by atoms with E-state index in [-0.39, 0.29) is 39.7 Å². The summed E-state index contributed by atoms with van der Waals surface area (Å²) in [6, 6.07) is 5.27. The molecule has 0 saturated heterocycles. The van der Waals surface area contributed by atoms with Gasteiger partial charge in [-0.2, -0.15) is 26.3 Å². The molecule has 10 heteroatoms. The van der Waals surface area contributed by atoms with Crippen LogP contribution in [0, 0.1) is 0 Å². The normalized spacial score (nSPS) is 12.7. The predicted molar refractivity (Wildman–Crippen MR) is 106 cm³/mol. The van der Waals surface area contributed by atoms with Gasteiger partial charge in [-0.3, -0.25) is 0 Å². The van der Waals surface area contributed by atoms with Crippen molar-refractivity contribution in [1.82, 2.24) is 4.98 Å². The van der Waals surface area contributed by atoms with Crippen LogP contribution >= 0.6 is 23.2 Å². The van der Waals surface area contributed by atoms with Crippen LogP contribution in [0.3, 0.4) is 0 Å². The number of hydrogen-bond acceptors (Lipinski definition) is 1. The summed E-state index contributed by atoms with van der Waals surface area (Å²) in [5, 5.41) is 0.187. The van der Waals surface area contributed by atoms with Crippen molar-refractivity contribution in [3.8, 4) is 11.3 Å². The maximum Gasteiger partial charge on any atom is 0.417 e. The summed E-state index contributed by atoms with van der Waals surface area (Å²) in [6.45, 7) is 0.337. The van der Waals surface area contributed by atoms with Crippen LogP contribution in [-0.4, -0.2) is 11.5 Å². The van der Waals surface area contributed by atoms with Crippen molar-refractivity contribution in [2.24, 2.45) is 5.73 Å². The van der Waals surface area contributed by atoms with Crippen LogP contribution < -0.4 is 5.73 Å². The number of unbranched alkanes of at least 4 members (excludes halogenated alkanes) is 1. The molecule has 0 spiro atoms. The van der Waals surface area contributed by atoms with Crippen molar-refractivity contribution in [2.75, 3.05) is 6.54 Å². The Hall–Kier alpha value is -1.90. The molecule has 0 aliphatic rings. The Labute approximate surface area is 178 Å². The first-order valence-corrected chi connectivity index (χ1v) is 9.67. The molecule has 1 heterocycles. The lowest BCUT2D eigenvalue weighted by atomic mass is 9.96. The van der Waals surface area contributed by atoms with Crippen LogP contribution in [0.1, 0.15) is 29.5 Å². The molecule has 3 rings (SSSR count). The van der Waals surface area contributed by atoms with Gasteiger partial charge in [0.2, 0.25) is 0 Å². The predicted octanol–water partition coefficient (Wildman–Crippen LogP) is 7.46. The van der Waals surface area contributed by atoms with Gasteiger partial charge in [-0.25, -0.2) is 0 Å². The van der Waals surface area contributed by atoms with Crippen LogP contribution in [0.5, 0.6) is 0 Å². The fourth-order valence-corrected chi connectivity index (χ4v) is 3.91. The Morgan fingerprint density at radius 3 is 2.17 bits per heavy atom. The largest absolute Gasteiger partial charge is 0.417 e. The quantitative estimate of drug-likeness (QED) is 0.296. The van der Waals surface area contributed by atoms with Crippen LogP contribution in [-0.2, 0) is 18.8 Å². The van der Waals surface area contributed by atoms with E-state index in [1.807, 2.05) is 0 Å². The van der Waals surface area contributed by atoms with Crippen LogP contribution in [0.25, 0.3) is 22.2 Å². The van der Waals surface area contributed by atoms with Crippen LogP contribution in [0.2, 0.25) is 10.0 Å². The summed E-state index contributed by atoms with van der Waals surface area (Å²) in [5.41, 5.74) is 3.32. The number of aryl methyl sites for hydroxylation is 1. The number of aromatic nitrogens is 1. The Morgan fingerprint density at radius 2 is 1.60 bits per heavy atom. The molecule has 3 aromatic rings. The van der Waals surface area contributed by atoms with Gasteiger partial charge in [-0.05, 0) is 61.7 Å². The van der Waals surface area contributed by atoms with E-state index in [1.165, 1.54) is 18.2 Å². The smallest absolute Gasteiger partial charge is 0.354 e. The minimum atomic E-state index is -4.98. The van der Waals surface area contributed by atoms with Gasteiger partial charge in [0.05, 0.1) is 21.8 Å². The number of fused-ring (bicyclic) bond motifs is 1. The molecule has 30 heavy (non-hydrogen) atoms. The van der Waals surface area contributed by atoms with Crippen molar-refractivity contribution < 1.29 is 26.3 Å². The van der Waals surface area contributed by atoms with Crippen molar-refractivity contribution >= 4 is 34.1 Å². The molecular weight excluding hydrogens is 453 g/mol. The third-order valence-corrected chi connectivity index (χ3v) is 5.26. The Kier molecular flexibility index (Phi) is 6.32. The van der Waals surface area contributed by atoms with Crippen molar-refractivity contribution in [2.45, 2.75) is 31.6 Å². The lowest BCUT2D eigenvalue weighted by Gasteiger charge is -2.14. The maximum absolute atomic E-state index is 13.8. The molecule has 2 aromatic carbocycles. The zero-order valence-corrected chi connectivity index (χ0v) is 16.8. The molecule has 0 bridgehead atoms. The summed E-state index contributed by atoms with van der Waals surface area (Å²) in [4.78, 5) is 2.73. The van der Waals surface area contributed by atoms with Gasteiger partial charge in [0.25, 0.3) is 0 Å². The van der Waals surface area contributed by atoms with Gasteiger partial charge in [-0.1, -0.05) is 23.2 Å². The van der Waals surface area contributed by atoms with E-state index in [0.29, 0.717) is 36.0 Å². The summed E-state index contributed by atoms with van der Waals surface area (Å²) in [5.74, 6) is 0. The Balaban J connectivity index is 2.37. The second kappa shape index (κ2) is 8.32. The molecule has 0 atom stereocenters. The van der Waals surface area contributed by atoms with E-state index >= 15 is 0 Å². The summed E-state index contributed by atoms with van der Waals surface area (Å²) >= 11 is 12.1. The molecule has 0 fully saturated rings. The molecule has 0 aliphatic heterocycles. The SMILES string of the molecule is NCCCCc1c(-c2ccc(Cl)cc2Cl)[nH]c2cc(C(F)(F)F)cc(C(F)(F)F)c12. The fourth-order valence-electron chi connectivity index (χ4n) is 3.41. The number of alkyl halides is 6. The van der Waals surface area contributed by atoms with Crippen LogP contribution in [0.4, 0.5) is 26.3 Å². The topological polar surface area (TPSA) is 41.8 Å². The van der Waals surface area contributed by atoms with Crippen molar-refractivity contribution in [1.29, 1.82) is 0 Å². The number of hydrogen-bond donors (Lipinski definition) is 2. The molecule has 0 amide bonds. The van der Waals surface area contributed by atoms with E-state index in [0.717, 1.165) is 0 Å². The second-order valence-electron chi connectivity index (χ2n) is 6.79. The van der Waals surface area contributed by atoms with Gasteiger partial charge in [0.1, 0.15) is 0 Å². The number of benzene rings is 2. The summed E-state index contributed by atoms with van der Waals surface area (Å²) in [6.07, 6.45) is -8.73. The average Bonchev–Trinajstić information content (AvgIpc) is 2.98. The Bertz CT molecular complexity index is 1070. The maximum atomic E-state index is 13.8. The summed E-state index contributed by atoms with van der Waals surface area (Å²) < 4.78 is 81.0. The standard InChI is InChI=1S/C20H16Cl2F6N2/c21-11-4-5-12(15(22)9-11)18-13(3-1-2-6-29)17-14(20(26,27)28)7-10(19(23,24)25)8-16(17)30-18/h4-5,7-9,30H,1-3,6,29H2. The minimum Gasteiger partial charge on any atom is -0.354 e. The van der Waals surface area contributed by atoms with Crippen molar-refractivity contribution in [3.05, 3.63) is 57.1 Å². The molecular formula is C20H16Cl2F6N2. The Morgan fingerprint density at radius 1 is 0.900 bits per heavy atom. The molecule has 1 aromatic heterocycles. The number of nitrogens with two attached hydrogens (primary N) is 1. The van der Waals surface area contributed by atoms with Crippen molar-refractivity contribution in [3.63, 3.8) is 0 Å². The molecule has 0 radical (unpaired) electrons. The minimum absolute atomic E-state index is 0.149. The second-order valence-corrected chi connectivity index (χ2v) is 7.63. The van der Waals surface area contributed by atoms with E-state index in [1.54, 1.807) is 0 Å². The molecule has 0 aliphatic carbocycles. The number of rotatable bonds is 5. The highest BCUT2D eigenvalue weighted by Crippen LogP contribution is 2.44. The first kappa shape index (κ1) is 22.8. The third-order valence-electron chi connectivity index (χ3n) is 4.72. The first-order chi connectivity index (χ1) is 13.9. The molecule has 2 nitrogen and oxygen atoms in total. The highest BCUT2D eigenvalue weighted by molar-refractivity contribution is 6.36. The van der Waals surface area contributed by atoms with Gasteiger partial charge in [-0.15, -0.1) is 0 Å². The van der Waals surface area contributed by atoms with Gasteiger partial charge >= 0.3 is 12.4 Å². The molecule has 0 unspecified atom stereocenters. The number of halogens is 8. The van der Waals surface area contributed by atoms with Gasteiger partial charge in [0.15, 0.2) is 0 Å². The summed E-state index contributed by atoms with van der Waals surface area (Å²) in [7, 11) is 0. The third kappa shape index (κ3) is 4.55. The fraction of sp³-hybridized carbons (Fsp3) is 0.300. The van der Waals surface area contributed by atoms with Crippen LogP contribution in [0.15, 0.2) is 30.3 Å². The van der Waals surface area contributed by atoms with Gasteiger partial charge < -0.3 is 10.7 Å². The van der Waals surface area contributed by atoms with Gasteiger partial charge in [0, 0.05) is 21.5 Å². The number of aromatic amines is 1. The zero-order chi connectivity index (χ0) is 22.3. The van der Waals surface area contributed by atoms with E-state index in [2.05, 4.69) is 4.98 Å². The van der Waals surface area contributed by atoms with E-state index in [4.69, 9.17) is 28.9 Å². The van der Waals surface area contributed by atoms with E-state index < -0.39 is 23.5 Å². The van der Waals surface area contributed by atoms with E-state index in [9.17, 15) is 26.3 Å². The lowest BCUT2D eigenvalue weighted by Crippen LogP contribution is -2.11. The zero-order valence-electron chi connectivity index (χ0n) is 15.3. The highest BCUT2D eigenvalue weighted by Gasteiger charge is 2.39. The molecule has 3 N–H and O–H groups in total. The number of nitrogens with one attached hydrogen (secondary N) is 1. The first-order valence-electron chi connectivity index (χ1n) is 8.92. The number of H-pyrrole nitrogens is 1.